The summed E-state index contributed by atoms with van der Waals surface area (Å²) in [4.78, 5) is 17.6. The molecule has 1 aromatic heterocycles. The zero-order valence-electron chi connectivity index (χ0n) is 17.8. The van der Waals surface area contributed by atoms with Crippen LogP contribution < -0.4 is 4.90 Å². The van der Waals surface area contributed by atoms with Crippen molar-refractivity contribution in [2.24, 2.45) is 0 Å². The molecule has 3 aromatic carbocycles. The Bertz CT molecular complexity index is 1240. The maximum Gasteiger partial charge on any atom is 0.254 e. The molecule has 0 radical (unpaired) electrons. The zero-order chi connectivity index (χ0) is 21.4. The zero-order valence-corrected chi connectivity index (χ0v) is 17.8. The molecule has 0 N–H and O–H groups in total. The van der Waals surface area contributed by atoms with Crippen molar-refractivity contribution >= 4 is 22.5 Å². The van der Waals surface area contributed by atoms with Crippen LogP contribution in [0.2, 0.25) is 0 Å². The van der Waals surface area contributed by atoms with Crippen LogP contribution in [0.3, 0.4) is 0 Å². The number of aryl methyl sites for hydroxylation is 1. The predicted molar refractivity (Wildman–Crippen MR) is 123 cm³/mol. The van der Waals surface area contributed by atoms with Crippen LogP contribution in [-0.2, 0) is 0 Å². The summed E-state index contributed by atoms with van der Waals surface area (Å²) in [7, 11) is 0. The van der Waals surface area contributed by atoms with Crippen molar-refractivity contribution in [1.29, 1.82) is 0 Å². The van der Waals surface area contributed by atoms with E-state index in [2.05, 4.69) is 42.1 Å². The molecule has 31 heavy (non-hydrogen) atoms. The monoisotopic (exact) mass is 411 g/mol. The Labute approximate surface area is 181 Å². The number of hydrogen-bond acceptors (Lipinski definition) is 4. The first-order chi connectivity index (χ1) is 15.1. The summed E-state index contributed by atoms with van der Waals surface area (Å²) in [5.41, 5.74) is 6.27. The van der Waals surface area contributed by atoms with E-state index in [0.29, 0.717) is 24.4 Å². The lowest BCUT2D eigenvalue weighted by Gasteiger charge is -2.37. The lowest BCUT2D eigenvalue weighted by atomic mass is 10.0. The molecule has 0 unspecified atom stereocenters. The smallest absolute Gasteiger partial charge is 0.254 e. The van der Waals surface area contributed by atoms with Crippen LogP contribution in [0, 0.1) is 13.8 Å². The number of anilines is 1. The van der Waals surface area contributed by atoms with Gasteiger partial charge in [-0.15, -0.1) is 0 Å². The van der Waals surface area contributed by atoms with Gasteiger partial charge in [0, 0.05) is 43.0 Å². The number of amides is 1. The Morgan fingerprint density at radius 3 is 2.45 bits per heavy atom. The molecule has 1 aliphatic heterocycles. The van der Waals surface area contributed by atoms with Gasteiger partial charge < -0.3 is 14.3 Å². The number of carbonyl (C=O) groups is 1. The molecule has 0 saturated carbocycles. The molecular weight excluding hydrogens is 386 g/mol. The second-order valence-corrected chi connectivity index (χ2v) is 8.11. The van der Waals surface area contributed by atoms with Gasteiger partial charge in [0.1, 0.15) is 5.52 Å². The summed E-state index contributed by atoms with van der Waals surface area (Å²) in [6, 6.07) is 21.9. The van der Waals surface area contributed by atoms with Crippen molar-refractivity contribution < 1.29 is 9.32 Å². The quantitative estimate of drug-likeness (QED) is 0.472. The van der Waals surface area contributed by atoms with Gasteiger partial charge in [-0.25, -0.2) is 0 Å². The molecule has 0 atom stereocenters. The number of hydrogen-bond donors (Lipinski definition) is 0. The molecule has 5 rings (SSSR count). The minimum Gasteiger partial charge on any atom is -0.368 e. The van der Waals surface area contributed by atoms with E-state index >= 15 is 0 Å². The fourth-order valence-corrected chi connectivity index (χ4v) is 4.28. The second-order valence-electron chi connectivity index (χ2n) is 8.11. The number of rotatable bonds is 3. The van der Waals surface area contributed by atoms with Crippen LogP contribution in [-0.4, -0.2) is 42.1 Å². The van der Waals surface area contributed by atoms with Crippen LogP contribution >= 0.6 is 0 Å². The highest BCUT2D eigenvalue weighted by atomic mass is 16.5. The van der Waals surface area contributed by atoms with Crippen molar-refractivity contribution in [3.63, 3.8) is 0 Å². The predicted octanol–water partition coefficient (Wildman–Crippen LogP) is 5.07. The summed E-state index contributed by atoms with van der Waals surface area (Å²) in [5, 5.41) is 5.03. The highest BCUT2D eigenvalue weighted by Crippen LogP contribution is 2.30. The molecule has 0 spiro atoms. The van der Waals surface area contributed by atoms with E-state index < -0.39 is 0 Å². The summed E-state index contributed by atoms with van der Waals surface area (Å²) in [5.74, 6) is 0.757. The Morgan fingerprint density at radius 1 is 0.903 bits per heavy atom. The highest BCUT2D eigenvalue weighted by molar-refractivity contribution is 6.01. The highest BCUT2D eigenvalue weighted by Gasteiger charge is 2.24. The van der Waals surface area contributed by atoms with Gasteiger partial charge in [0.25, 0.3) is 5.91 Å². The first-order valence-electron chi connectivity index (χ1n) is 10.7. The second kappa shape index (κ2) is 7.91. The van der Waals surface area contributed by atoms with E-state index in [1.165, 1.54) is 16.8 Å². The van der Waals surface area contributed by atoms with Gasteiger partial charge >= 0.3 is 0 Å². The minimum atomic E-state index is 0.0581. The third-order valence-electron chi connectivity index (χ3n) is 6.24. The average Bonchev–Trinajstić information content (AvgIpc) is 3.24. The van der Waals surface area contributed by atoms with E-state index in [1.807, 2.05) is 53.4 Å². The van der Waals surface area contributed by atoms with Crippen LogP contribution in [0.1, 0.15) is 21.5 Å². The molecule has 1 saturated heterocycles. The number of piperazine rings is 1. The molecule has 0 aliphatic carbocycles. The molecule has 4 aromatic rings. The third-order valence-corrected chi connectivity index (χ3v) is 6.24. The molecule has 1 fully saturated rings. The number of aromatic nitrogens is 1. The normalized spacial score (nSPS) is 14.3. The van der Waals surface area contributed by atoms with E-state index in [0.717, 1.165) is 29.6 Å². The molecular formula is C26H25N3O2. The van der Waals surface area contributed by atoms with Crippen molar-refractivity contribution in [3.8, 4) is 11.3 Å². The van der Waals surface area contributed by atoms with E-state index in [-0.39, 0.29) is 5.91 Å². The minimum absolute atomic E-state index is 0.0581. The summed E-state index contributed by atoms with van der Waals surface area (Å²) in [6.07, 6.45) is 0. The van der Waals surface area contributed by atoms with E-state index in [1.54, 1.807) is 0 Å². The number of fused-ring (bicyclic) bond motifs is 1. The Morgan fingerprint density at radius 2 is 1.68 bits per heavy atom. The lowest BCUT2D eigenvalue weighted by Crippen LogP contribution is -2.49. The van der Waals surface area contributed by atoms with Crippen molar-refractivity contribution in [1.82, 2.24) is 10.1 Å². The van der Waals surface area contributed by atoms with Crippen molar-refractivity contribution in [3.05, 3.63) is 83.4 Å². The lowest BCUT2D eigenvalue weighted by molar-refractivity contribution is 0.0747. The SMILES string of the molecule is Cc1cccc(N2CCN(C(=O)c3ccc4noc(-c5ccccc5)c4c3)CC2)c1C. The Hall–Kier alpha value is -3.60. The maximum absolute atomic E-state index is 13.2. The maximum atomic E-state index is 13.2. The number of carbonyl (C=O) groups excluding carboxylic acids is 1. The van der Waals surface area contributed by atoms with E-state index in [4.69, 9.17) is 4.52 Å². The van der Waals surface area contributed by atoms with Crippen LogP contribution in [0.15, 0.2) is 71.3 Å². The van der Waals surface area contributed by atoms with Gasteiger partial charge in [-0.2, -0.15) is 0 Å². The molecule has 1 aliphatic rings. The molecule has 0 bridgehead atoms. The Kier molecular flexibility index (Phi) is 4.94. The number of benzene rings is 3. The summed E-state index contributed by atoms with van der Waals surface area (Å²) in [6.45, 7) is 7.39. The van der Waals surface area contributed by atoms with Crippen LogP contribution in [0.5, 0.6) is 0 Å². The fraction of sp³-hybridized carbons (Fsp3) is 0.231. The summed E-state index contributed by atoms with van der Waals surface area (Å²) < 4.78 is 5.58. The van der Waals surface area contributed by atoms with Crippen molar-refractivity contribution in [2.45, 2.75) is 13.8 Å². The van der Waals surface area contributed by atoms with Gasteiger partial charge in [-0.3, -0.25) is 4.79 Å². The average molecular weight is 412 g/mol. The molecule has 2 heterocycles. The van der Waals surface area contributed by atoms with Gasteiger partial charge in [0.2, 0.25) is 0 Å². The largest absolute Gasteiger partial charge is 0.368 e. The van der Waals surface area contributed by atoms with Gasteiger partial charge in [-0.05, 0) is 49.2 Å². The summed E-state index contributed by atoms with van der Waals surface area (Å²) >= 11 is 0. The van der Waals surface area contributed by atoms with Crippen LogP contribution in [0.4, 0.5) is 5.69 Å². The van der Waals surface area contributed by atoms with Crippen molar-refractivity contribution in [2.75, 3.05) is 31.1 Å². The first-order valence-corrected chi connectivity index (χ1v) is 10.7. The van der Waals surface area contributed by atoms with E-state index in [9.17, 15) is 4.79 Å². The standard InChI is InChI=1S/C26H25N3O2/c1-18-7-6-10-24(19(18)2)28-13-15-29(16-14-28)26(30)21-11-12-23-22(17-21)25(31-27-23)20-8-4-3-5-9-20/h3-12,17H,13-16H2,1-2H3. The first kappa shape index (κ1) is 19.4. The molecule has 5 heteroatoms. The fourth-order valence-electron chi connectivity index (χ4n) is 4.28. The van der Waals surface area contributed by atoms with Gasteiger partial charge in [0.15, 0.2) is 5.76 Å². The molecule has 156 valence electrons. The van der Waals surface area contributed by atoms with Gasteiger partial charge in [-0.1, -0.05) is 47.6 Å². The topological polar surface area (TPSA) is 49.6 Å². The van der Waals surface area contributed by atoms with Crippen LogP contribution in [0.25, 0.3) is 22.2 Å². The number of nitrogens with zero attached hydrogens (tertiary/aromatic N) is 3. The third kappa shape index (κ3) is 3.56. The Balaban J connectivity index is 1.36. The van der Waals surface area contributed by atoms with Gasteiger partial charge in [0.05, 0.1) is 5.39 Å². The molecule has 1 amide bonds. The molecule has 5 nitrogen and oxygen atoms in total.